The highest BCUT2D eigenvalue weighted by Crippen LogP contribution is 2.53. The van der Waals surface area contributed by atoms with Crippen LogP contribution in [-0.4, -0.2) is 60.1 Å². The molecule has 172 valence electrons. The van der Waals surface area contributed by atoms with Crippen molar-refractivity contribution in [2.24, 2.45) is 0 Å². The SMILES string of the molecule is CC(c1ccccc1)[SH]1C[C@H](O)[C@H](n2cc(-c3cc(F)c(F)c(F)c3)nn2)[C@@H](O)[C@H]1CO. The summed E-state index contributed by atoms with van der Waals surface area (Å²) in [4.78, 5) is 0. The molecule has 2 unspecified atom stereocenters. The van der Waals surface area contributed by atoms with Crippen molar-refractivity contribution in [1.82, 2.24) is 15.0 Å². The van der Waals surface area contributed by atoms with E-state index in [-0.39, 0.29) is 23.1 Å². The first-order valence-corrected chi connectivity index (χ1v) is 11.8. The van der Waals surface area contributed by atoms with Gasteiger partial charge in [0.2, 0.25) is 0 Å². The first-order valence-electron chi connectivity index (χ1n) is 10.2. The van der Waals surface area contributed by atoms with Crippen LogP contribution >= 0.6 is 10.9 Å². The normalized spacial score (nSPS) is 27.9. The Labute approximate surface area is 185 Å². The number of rotatable bonds is 5. The van der Waals surface area contributed by atoms with Crippen LogP contribution in [0.5, 0.6) is 0 Å². The van der Waals surface area contributed by atoms with Crippen molar-refractivity contribution in [1.29, 1.82) is 0 Å². The molecule has 10 heteroatoms. The molecule has 1 aromatic heterocycles. The molecule has 1 aliphatic rings. The second kappa shape index (κ2) is 9.22. The zero-order valence-corrected chi connectivity index (χ0v) is 18.1. The predicted molar refractivity (Wildman–Crippen MR) is 116 cm³/mol. The number of hydrogen-bond acceptors (Lipinski definition) is 5. The Morgan fingerprint density at radius 3 is 2.41 bits per heavy atom. The van der Waals surface area contributed by atoms with Crippen LogP contribution < -0.4 is 0 Å². The van der Waals surface area contributed by atoms with Crippen molar-refractivity contribution in [3.8, 4) is 11.3 Å². The van der Waals surface area contributed by atoms with Gasteiger partial charge in [0.1, 0.15) is 11.7 Å². The van der Waals surface area contributed by atoms with Crippen molar-refractivity contribution >= 4 is 10.9 Å². The molecule has 0 bridgehead atoms. The lowest BCUT2D eigenvalue weighted by Crippen LogP contribution is -2.50. The monoisotopic (exact) mass is 467 g/mol. The average molecular weight is 468 g/mol. The Morgan fingerprint density at radius 1 is 1.12 bits per heavy atom. The van der Waals surface area contributed by atoms with E-state index in [2.05, 4.69) is 10.3 Å². The van der Waals surface area contributed by atoms with Gasteiger partial charge in [-0.1, -0.05) is 42.5 Å². The summed E-state index contributed by atoms with van der Waals surface area (Å²) in [6.07, 6.45) is -0.745. The third-order valence-corrected chi connectivity index (χ3v) is 9.43. The third kappa shape index (κ3) is 4.15. The maximum Gasteiger partial charge on any atom is 0.194 e. The van der Waals surface area contributed by atoms with E-state index >= 15 is 0 Å². The Balaban J connectivity index is 1.61. The van der Waals surface area contributed by atoms with Crippen LogP contribution in [0.2, 0.25) is 0 Å². The van der Waals surface area contributed by atoms with Crippen LogP contribution in [0.1, 0.15) is 23.8 Å². The van der Waals surface area contributed by atoms with Gasteiger partial charge in [0.25, 0.3) is 0 Å². The Kier molecular flexibility index (Phi) is 6.57. The fraction of sp³-hybridized carbons (Fsp3) is 0.364. The minimum Gasteiger partial charge on any atom is -0.395 e. The molecule has 4 rings (SSSR count). The molecule has 0 saturated carbocycles. The van der Waals surface area contributed by atoms with Crippen LogP contribution in [0.25, 0.3) is 11.3 Å². The number of hydrogen-bond donors (Lipinski definition) is 4. The van der Waals surface area contributed by atoms with Crippen LogP contribution in [0, 0.1) is 17.5 Å². The second-order valence-electron chi connectivity index (χ2n) is 7.92. The Morgan fingerprint density at radius 2 is 1.78 bits per heavy atom. The molecule has 1 fully saturated rings. The lowest BCUT2D eigenvalue weighted by molar-refractivity contribution is 0.00738. The van der Waals surface area contributed by atoms with Gasteiger partial charge < -0.3 is 15.3 Å². The maximum atomic E-state index is 13.6. The molecule has 1 saturated heterocycles. The highest BCUT2D eigenvalue weighted by molar-refractivity contribution is 8.17. The van der Waals surface area contributed by atoms with E-state index in [0.717, 1.165) is 17.7 Å². The summed E-state index contributed by atoms with van der Waals surface area (Å²) in [5.41, 5.74) is 1.11. The summed E-state index contributed by atoms with van der Waals surface area (Å²) in [6, 6.07) is 10.4. The second-order valence-corrected chi connectivity index (χ2v) is 10.8. The summed E-state index contributed by atoms with van der Waals surface area (Å²) < 4.78 is 41.7. The van der Waals surface area contributed by atoms with Crippen molar-refractivity contribution in [3.63, 3.8) is 0 Å². The van der Waals surface area contributed by atoms with Gasteiger partial charge in [-0.05, 0) is 17.7 Å². The van der Waals surface area contributed by atoms with E-state index < -0.39 is 51.8 Å². The highest BCUT2D eigenvalue weighted by atomic mass is 32.2. The van der Waals surface area contributed by atoms with Gasteiger partial charge in [0.15, 0.2) is 17.5 Å². The van der Waals surface area contributed by atoms with Gasteiger partial charge in [-0.15, -0.1) is 5.10 Å². The molecule has 0 amide bonds. The number of aromatic nitrogens is 3. The van der Waals surface area contributed by atoms with E-state index in [1.807, 2.05) is 37.3 Å². The summed E-state index contributed by atoms with van der Waals surface area (Å²) in [5, 5.41) is 39.4. The number of aliphatic hydroxyl groups is 3. The summed E-state index contributed by atoms with van der Waals surface area (Å²) >= 11 is 0. The largest absolute Gasteiger partial charge is 0.395 e. The van der Waals surface area contributed by atoms with Crippen LogP contribution in [-0.2, 0) is 0 Å². The van der Waals surface area contributed by atoms with E-state index in [9.17, 15) is 28.5 Å². The van der Waals surface area contributed by atoms with E-state index in [1.54, 1.807) is 0 Å². The standard InChI is InChI=1S/C22H24F3N3O3S/c1-12(13-5-3-2-4-6-13)32-11-18(30)21(22(31)19(32)10-29)28-9-17(26-27-28)14-7-15(23)20(25)16(24)8-14/h2-9,12,18-19,21-22,29-32H,10-11H2,1H3/t12?,18-,19+,21-,22-/m0/s1. The maximum absolute atomic E-state index is 13.6. The smallest absolute Gasteiger partial charge is 0.194 e. The Bertz CT molecular complexity index is 1060. The molecule has 32 heavy (non-hydrogen) atoms. The molecule has 2 heterocycles. The van der Waals surface area contributed by atoms with Gasteiger partial charge in [0, 0.05) is 21.8 Å². The lowest BCUT2D eigenvalue weighted by Gasteiger charge is -2.47. The lowest BCUT2D eigenvalue weighted by atomic mass is 10.0. The summed E-state index contributed by atoms with van der Waals surface area (Å²) in [5.74, 6) is -3.92. The van der Waals surface area contributed by atoms with Crippen molar-refractivity contribution in [2.75, 3.05) is 12.4 Å². The molecule has 0 aliphatic carbocycles. The highest BCUT2D eigenvalue weighted by Gasteiger charge is 2.45. The molecule has 0 radical (unpaired) electrons. The third-order valence-electron chi connectivity index (χ3n) is 6.02. The topological polar surface area (TPSA) is 91.4 Å². The minimum atomic E-state index is -1.58. The summed E-state index contributed by atoms with van der Waals surface area (Å²) in [7, 11) is -0.970. The van der Waals surface area contributed by atoms with Crippen molar-refractivity contribution in [3.05, 3.63) is 71.7 Å². The van der Waals surface area contributed by atoms with E-state index in [4.69, 9.17) is 0 Å². The molecular weight excluding hydrogens is 443 g/mol. The molecular formula is C22H24F3N3O3S. The number of thiol groups is 1. The zero-order valence-electron chi connectivity index (χ0n) is 17.2. The first-order chi connectivity index (χ1) is 15.3. The minimum absolute atomic E-state index is 0.0221. The fourth-order valence-electron chi connectivity index (χ4n) is 4.28. The Hall–Kier alpha value is -2.40. The van der Waals surface area contributed by atoms with Crippen LogP contribution in [0.15, 0.2) is 48.7 Å². The van der Waals surface area contributed by atoms with Gasteiger partial charge in [-0.2, -0.15) is 0 Å². The van der Waals surface area contributed by atoms with Crippen LogP contribution in [0.3, 0.4) is 0 Å². The number of benzene rings is 2. The van der Waals surface area contributed by atoms with E-state index in [0.29, 0.717) is 5.75 Å². The van der Waals surface area contributed by atoms with Crippen molar-refractivity contribution in [2.45, 2.75) is 35.7 Å². The number of halogens is 3. The van der Waals surface area contributed by atoms with Crippen LogP contribution in [0.4, 0.5) is 13.2 Å². The van der Waals surface area contributed by atoms with Gasteiger partial charge in [-0.3, -0.25) is 0 Å². The molecule has 2 aromatic carbocycles. The fourth-order valence-corrected chi connectivity index (χ4v) is 7.43. The van der Waals surface area contributed by atoms with Crippen molar-refractivity contribution < 1.29 is 28.5 Å². The average Bonchev–Trinajstić information content (AvgIpc) is 3.26. The van der Waals surface area contributed by atoms with Gasteiger partial charge in [0.05, 0.1) is 25.0 Å². The van der Waals surface area contributed by atoms with E-state index in [1.165, 1.54) is 10.9 Å². The number of nitrogens with zero attached hydrogens (tertiary/aromatic N) is 3. The molecule has 3 N–H and O–H groups in total. The molecule has 0 spiro atoms. The zero-order chi connectivity index (χ0) is 23.0. The molecule has 3 aromatic rings. The molecule has 1 aliphatic heterocycles. The number of aliphatic hydroxyl groups excluding tert-OH is 3. The summed E-state index contributed by atoms with van der Waals surface area (Å²) in [6.45, 7) is 1.76. The quantitative estimate of drug-likeness (QED) is 0.342. The predicted octanol–water partition coefficient (Wildman–Crippen LogP) is 2.76. The van der Waals surface area contributed by atoms with Gasteiger partial charge in [-0.25, -0.2) is 28.7 Å². The molecule has 6 nitrogen and oxygen atoms in total. The van der Waals surface area contributed by atoms with Gasteiger partial charge >= 0.3 is 0 Å². The molecule has 6 atom stereocenters. The first kappa shape index (κ1) is 22.8.